The highest BCUT2D eigenvalue weighted by Crippen LogP contribution is 2.31. The van der Waals surface area contributed by atoms with Crippen molar-refractivity contribution in [1.82, 2.24) is 14.8 Å². The summed E-state index contributed by atoms with van der Waals surface area (Å²) in [6.45, 7) is 4.89. The fourth-order valence-electron chi connectivity index (χ4n) is 4.39. The summed E-state index contributed by atoms with van der Waals surface area (Å²) >= 11 is 0. The summed E-state index contributed by atoms with van der Waals surface area (Å²) in [7, 11) is 0. The van der Waals surface area contributed by atoms with Crippen LogP contribution in [0.5, 0.6) is 0 Å². The normalized spacial score (nSPS) is 18.2. The molecule has 0 saturated carbocycles. The molecule has 2 saturated heterocycles. The van der Waals surface area contributed by atoms with Crippen LogP contribution in [0.15, 0.2) is 57.6 Å². The number of rotatable bonds is 5. The first-order valence-electron chi connectivity index (χ1n) is 11.1. The highest BCUT2D eigenvalue weighted by atomic mass is 16.5. The Morgan fingerprint density at radius 3 is 2.42 bits per heavy atom. The molecule has 0 radical (unpaired) electrons. The average Bonchev–Trinajstić information content (AvgIpc) is 3.56. The molecular formula is C24H25N5O4. The van der Waals surface area contributed by atoms with Gasteiger partial charge in [-0.3, -0.25) is 9.69 Å². The highest BCUT2D eigenvalue weighted by Gasteiger charge is 2.35. The van der Waals surface area contributed by atoms with E-state index in [4.69, 9.17) is 13.6 Å². The SMILES string of the molecule is N#Cc1nc(-c2ccco2)oc1N1CCN(C(C(=O)N2CCOCC2)c2ccccc2)CC1. The van der Waals surface area contributed by atoms with Crippen LogP contribution in [0, 0.1) is 11.3 Å². The van der Waals surface area contributed by atoms with Crippen molar-refractivity contribution < 1.29 is 18.4 Å². The van der Waals surface area contributed by atoms with Gasteiger partial charge in [0.15, 0.2) is 5.76 Å². The molecule has 0 spiro atoms. The first kappa shape index (κ1) is 21.2. The lowest BCUT2D eigenvalue weighted by Gasteiger charge is -2.40. The lowest BCUT2D eigenvalue weighted by Crippen LogP contribution is -2.53. The molecule has 2 aliphatic rings. The van der Waals surface area contributed by atoms with Gasteiger partial charge in [-0.2, -0.15) is 10.2 Å². The largest absolute Gasteiger partial charge is 0.459 e. The van der Waals surface area contributed by atoms with Gasteiger partial charge in [-0.05, 0) is 17.7 Å². The van der Waals surface area contributed by atoms with E-state index in [1.54, 1.807) is 18.4 Å². The van der Waals surface area contributed by atoms with Gasteiger partial charge in [0, 0.05) is 39.3 Å². The minimum Gasteiger partial charge on any atom is -0.459 e. The topological polar surface area (TPSA) is 99.0 Å². The third kappa shape index (κ3) is 4.35. The van der Waals surface area contributed by atoms with Crippen molar-refractivity contribution in [1.29, 1.82) is 5.26 Å². The van der Waals surface area contributed by atoms with Crippen molar-refractivity contribution in [3.63, 3.8) is 0 Å². The van der Waals surface area contributed by atoms with Gasteiger partial charge < -0.3 is 23.4 Å². The standard InChI is InChI=1S/C24H25N5O4/c25-17-19-24(33-22(26-19)20-7-4-14-32-20)29-10-8-27(9-11-29)21(18-5-2-1-3-6-18)23(30)28-12-15-31-16-13-28/h1-7,14,21H,8-13,15-16H2. The van der Waals surface area contributed by atoms with Gasteiger partial charge in [0.1, 0.15) is 12.1 Å². The van der Waals surface area contributed by atoms with Crippen molar-refractivity contribution in [2.45, 2.75) is 6.04 Å². The molecule has 9 nitrogen and oxygen atoms in total. The minimum atomic E-state index is -0.352. The number of hydrogen-bond acceptors (Lipinski definition) is 8. The number of oxazole rings is 1. The Morgan fingerprint density at radius 1 is 1.00 bits per heavy atom. The number of furan rings is 1. The zero-order valence-electron chi connectivity index (χ0n) is 18.2. The maximum Gasteiger partial charge on any atom is 0.266 e. The van der Waals surface area contributed by atoms with Crippen LogP contribution >= 0.6 is 0 Å². The zero-order valence-corrected chi connectivity index (χ0v) is 18.2. The number of carbonyl (C=O) groups is 1. The van der Waals surface area contributed by atoms with Crippen LogP contribution in [0.4, 0.5) is 5.88 Å². The Kier molecular flexibility index (Phi) is 6.11. The molecular weight excluding hydrogens is 422 g/mol. The lowest BCUT2D eigenvalue weighted by molar-refractivity contribution is -0.141. The molecule has 2 aromatic heterocycles. The smallest absolute Gasteiger partial charge is 0.266 e. The number of nitriles is 1. The van der Waals surface area contributed by atoms with Gasteiger partial charge in [-0.15, -0.1) is 0 Å². The second-order valence-electron chi connectivity index (χ2n) is 8.04. The number of carbonyl (C=O) groups excluding carboxylic acids is 1. The molecule has 0 bridgehead atoms. The monoisotopic (exact) mass is 447 g/mol. The quantitative estimate of drug-likeness (QED) is 0.588. The van der Waals surface area contributed by atoms with E-state index in [-0.39, 0.29) is 17.6 Å². The zero-order chi connectivity index (χ0) is 22.6. The molecule has 170 valence electrons. The van der Waals surface area contributed by atoms with Gasteiger partial charge in [0.25, 0.3) is 5.89 Å². The van der Waals surface area contributed by atoms with Gasteiger partial charge in [-0.25, -0.2) is 0 Å². The molecule has 0 aliphatic carbocycles. The number of aromatic nitrogens is 1. The molecule has 0 N–H and O–H groups in total. The van der Waals surface area contributed by atoms with Crippen LogP contribution < -0.4 is 4.90 Å². The lowest BCUT2D eigenvalue weighted by atomic mass is 10.0. The number of benzene rings is 1. The molecule has 1 aromatic carbocycles. The summed E-state index contributed by atoms with van der Waals surface area (Å²) in [5.74, 6) is 1.32. The molecule has 3 aromatic rings. The van der Waals surface area contributed by atoms with Crippen LogP contribution in [0.3, 0.4) is 0 Å². The van der Waals surface area contributed by atoms with Gasteiger partial charge >= 0.3 is 0 Å². The molecule has 2 aliphatic heterocycles. The van der Waals surface area contributed by atoms with E-state index in [2.05, 4.69) is 16.0 Å². The molecule has 9 heteroatoms. The Morgan fingerprint density at radius 2 is 1.76 bits per heavy atom. The summed E-state index contributed by atoms with van der Waals surface area (Å²) in [4.78, 5) is 23.9. The summed E-state index contributed by atoms with van der Waals surface area (Å²) in [6, 6.07) is 15.2. The second kappa shape index (κ2) is 9.48. The molecule has 2 fully saturated rings. The van der Waals surface area contributed by atoms with E-state index in [1.807, 2.05) is 40.1 Å². The number of amides is 1. The van der Waals surface area contributed by atoms with Crippen LogP contribution in [0.2, 0.25) is 0 Å². The Hall–Kier alpha value is -3.61. The fourth-order valence-corrected chi connectivity index (χ4v) is 4.39. The number of hydrogen-bond donors (Lipinski definition) is 0. The van der Waals surface area contributed by atoms with Crippen molar-refractivity contribution in [2.75, 3.05) is 57.4 Å². The highest BCUT2D eigenvalue weighted by molar-refractivity contribution is 5.83. The van der Waals surface area contributed by atoms with E-state index in [0.29, 0.717) is 70.0 Å². The van der Waals surface area contributed by atoms with Gasteiger partial charge in [-0.1, -0.05) is 30.3 Å². The predicted molar refractivity (Wildman–Crippen MR) is 119 cm³/mol. The van der Waals surface area contributed by atoms with Crippen LogP contribution in [-0.2, 0) is 9.53 Å². The molecule has 1 unspecified atom stereocenters. The molecule has 5 rings (SSSR count). The van der Waals surface area contributed by atoms with Crippen molar-refractivity contribution in [2.24, 2.45) is 0 Å². The number of piperazine rings is 1. The minimum absolute atomic E-state index is 0.107. The first-order valence-corrected chi connectivity index (χ1v) is 11.1. The van der Waals surface area contributed by atoms with Crippen LogP contribution in [0.1, 0.15) is 17.3 Å². The van der Waals surface area contributed by atoms with Gasteiger partial charge in [0.2, 0.25) is 17.5 Å². The Labute approximate surface area is 191 Å². The second-order valence-corrected chi connectivity index (χ2v) is 8.04. The third-order valence-electron chi connectivity index (χ3n) is 6.09. The van der Waals surface area contributed by atoms with E-state index in [9.17, 15) is 10.1 Å². The summed E-state index contributed by atoms with van der Waals surface area (Å²) in [6.07, 6.45) is 1.54. The van der Waals surface area contributed by atoms with E-state index in [1.165, 1.54) is 0 Å². The van der Waals surface area contributed by atoms with Gasteiger partial charge in [0.05, 0.1) is 19.5 Å². The van der Waals surface area contributed by atoms with E-state index < -0.39 is 0 Å². The van der Waals surface area contributed by atoms with Crippen molar-refractivity contribution >= 4 is 11.8 Å². The molecule has 1 atom stereocenters. The maximum atomic E-state index is 13.5. The predicted octanol–water partition coefficient (Wildman–Crippen LogP) is 2.53. The van der Waals surface area contributed by atoms with Crippen molar-refractivity contribution in [3.05, 3.63) is 60.0 Å². The molecule has 1 amide bonds. The molecule has 4 heterocycles. The molecule has 33 heavy (non-hydrogen) atoms. The first-order chi connectivity index (χ1) is 16.2. The Balaban J connectivity index is 1.34. The summed E-state index contributed by atoms with van der Waals surface area (Å²) < 4.78 is 16.7. The number of nitrogens with zero attached hydrogens (tertiary/aromatic N) is 5. The Bertz CT molecular complexity index is 1110. The number of ether oxygens (including phenoxy) is 1. The fraction of sp³-hybridized carbons (Fsp3) is 0.375. The van der Waals surface area contributed by atoms with E-state index in [0.717, 1.165) is 5.56 Å². The van der Waals surface area contributed by atoms with E-state index >= 15 is 0 Å². The maximum absolute atomic E-state index is 13.5. The average molecular weight is 447 g/mol. The summed E-state index contributed by atoms with van der Waals surface area (Å²) in [5.41, 5.74) is 1.22. The number of anilines is 1. The van der Waals surface area contributed by atoms with Crippen molar-refractivity contribution in [3.8, 4) is 17.7 Å². The van der Waals surface area contributed by atoms with Crippen LogP contribution in [-0.4, -0.2) is 73.2 Å². The number of morpholine rings is 1. The third-order valence-corrected chi connectivity index (χ3v) is 6.09. The summed E-state index contributed by atoms with van der Waals surface area (Å²) in [5, 5.41) is 9.57. The van der Waals surface area contributed by atoms with Crippen LogP contribution in [0.25, 0.3) is 11.7 Å².